The molecule has 3 N–H and O–H groups in total. The molecular weight excluding hydrogens is 234 g/mol. The van der Waals surface area contributed by atoms with Gasteiger partial charge in [0, 0.05) is 12.5 Å². The maximum absolute atomic E-state index is 6.30. The van der Waals surface area contributed by atoms with Gasteiger partial charge in [-0.25, -0.2) is 0 Å². The second-order valence-corrected chi connectivity index (χ2v) is 5.05. The highest BCUT2D eigenvalue weighted by Crippen LogP contribution is 2.38. The lowest BCUT2D eigenvalue weighted by molar-refractivity contribution is 0.642. The summed E-state index contributed by atoms with van der Waals surface area (Å²) < 4.78 is 0. The van der Waals surface area contributed by atoms with E-state index < -0.39 is 0 Å². The first-order chi connectivity index (χ1) is 8.27. The number of rotatable bonds is 1. The maximum atomic E-state index is 6.30. The monoisotopic (exact) mass is 249 g/mol. The minimum absolute atomic E-state index is 0.388. The van der Waals surface area contributed by atoms with Crippen LogP contribution >= 0.6 is 11.6 Å². The molecule has 0 radical (unpaired) electrons. The molecule has 0 saturated heterocycles. The van der Waals surface area contributed by atoms with E-state index in [1.54, 1.807) is 0 Å². The number of nitrogens with zero attached hydrogens (tertiary/aromatic N) is 1. The van der Waals surface area contributed by atoms with Gasteiger partial charge in [0.15, 0.2) is 0 Å². The maximum Gasteiger partial charge on any atom is 0.104 e. The second-order valence-electron chi connectivity index (χ2n) is 4.68. The zero-order valence-electron chi connectivity index (χ0n) is 9.67. The number of nitrogens with two attached hydrogens (primary N) is 1. The van der Waals surface area contributed by atoms with E-state index in [1.165, 1.54) is 11.1 Å². The molecular formula is C13H16ClN3. The number of nitrogens with one attached hydrogen (secondary N) is 1. The zero-order chi connectivity index (χ0) is 11.8. The largest absolute Gasteiger partial charge is 0.398 e. The second kappa shape index (κ2) is 4.22. The van der Waals surface area contributed by atoms with Crippen molar-refractivity contribution in [3.63, 3.8) is 0 Å². The lowest BCUT2D eigenvalue weighted by Crippen LogP contribution is -2.28. The minimum atomic E-state index is 0.388. The van der Waals surface area contributed by atoms with E-state index in [2.05, 4.69) is 16.4 Å². The zero-order valence-corrected chi connectivity index (χ0v) is 10.4. The summed E-state index contributed by atoms with van der Waals surface area (Å²) in [5, 5.41) is 4.12. The quantitative estimate of drug-likeness (QED) is 0.751. The number of nitrogen functional groups attached to an aromatic ring is 1. The molecule has 3 rings (SSSR count). The van der Waals surface area contributed by atoms with Crippen LogP contribution in [0.2, 0.25) is 5.02 Å². The van der Waals surface area contributed by atoms with Crippen LogP contribution in [0.5, 0.6) is 0 Å². The van der Waals surface area contributed by atoms with Crippen LogP contribution in [-0.2, 0) is 6.42 Å². The fraction of sp³-hybridized carbons (Fsp3) is 0.462. The summed E-state index contributed by atoms with van der Waals surface area (Å²) in [4.78, 5) is 4.54. The fourth-order valence-corrected chi connectivity index (χ4v) is 3.07. The van der Waals surface area contributed by atoms with Crippen molar-refractivity contribution in [3.8, 4) is 0 Å². The summed E-state index contributed by atoms with van der Waals surface area (Å²) in [6, 6.07) is 4.03. The molecule has 1 unspecified atom stereocenters. The summed E-state index contributed by atoms with van der Waals surface area (Å²) in [7, 11) is 0. The number of halogens is 1. The highest BCUT2D eigenvalue weighted by molar-refractivity contribution is 6.34. The number of aliphatic imine (C=N–C) groups is 1. The molecule has 1 heterocycles. The van der Waals surface area contributed by atoms with Crippen molar-refractivity contribution in [2.75, 3.05) is 18.8 Å². The molecule has 0 spiro atoms. The lowest BCUT2D eigenvalue weighted by Gasteiger charge is -2.27. The Kier molecular flexibility index (Phi) is 2.71. The van der Waals surface area contributed by atoms with Crippen LogP contribution in [0, 0.1) is 0 Å². The summed E-state index contributed by atoms with van der Waals surface area (Å²) in [6.45, 7) is 1.85. The van der Waals surface area contributed by atoms with Crippen LogP contribution in [0.15, 0.2) is 17.1 Å². The number of benzene rings is 1. The average molecular weight is 250 g/mol. The number of hydrogen-bond acceptors (Lipinski definition) is 3. The van der Waals surface area contributed by atoms with E-state index in [0.717, 1.165) is 43.2 Å². The van der Waals surface area contributed by atoms with Crippen molar-refractivity contribution in [3.05, 3.63) is 28.3 Å². The van der Waals surface area contributed by atoms with Gasteiger partial charge in [-0.15, -0.1) is 0 Å². The van der Waals surface area contributed by atoms with Crippen molar-refractivity contribution in [2.45, 2.75) is 25.2 Å². The lowest BCUT2D eigenvalue weighted by atomic mass is 9.82. The minimum Gasteiger partial charge on any atom is -0.398 e. The third-order valence-corrected chi connectivity index (χ3v) is 4.08. The normalized spacial score (nSPS) is 22.9. The standard InChI is InChI=1S/C13H16ClN3/c14-12-9-2-1-3-10(13-16-6-7-17-13)8(9)4-5-11(12)15/h4-5,10H,1-3,6-7,15H2,(H,16,17). The van der Waals surface area contributed by atoms with Crippen LogP contribution in [0.25, 0.3) is 0 Å². The van der Waals surface area contributed by atoms with Crippen molar-refractivity contribution in [1.29, 1.82) is 0 Å². The third kappa shape index (κ3) is 1.78. The van der Waals surface area contributed by atoms with Crippen molar-refractivity contribution < 1.29 is 0 Å². The Balaban J connectivity index is 2.05. The first kappa shape index (κ1) is 10.9. The first-order valence-electron chi connectivity index (χ1n) is 6.12. The Bertz CT molecular complexity index is 482. The molecule has 1 atom stereocenters. The molecule has 0 fully saturated rings. The molecule has 1 aliphatic carbocycles. The van der Waals surface area contributed by atoms with Gasteiger partial charge in [0.2, 0.25) is 0 Å². The summed E-state index contributed by atoms with van der Waals surface area (Å²) >= 11 is 6.30. The van der Waals surface area contributed by atoms with Crippen LogP contribution in [0.1, 0.15) is 29.9 Å². The van der Waals surface area contributed by atoms with Crippen molar-refractivity contribution in [2.24, 2.45) is 4.99 Å². The number of hydrogen-bond donors (Lipinski definition) is 2. The summed E-state index contributed by atoms with van der Waals surface area (Å²) in [5.41, 5.74) is 9.08. The topological polar surface area (TPSA) is 50.4 Å². The van der Waals surface area contributed by atoms with Gasteiger partial charge in [-0.3, -0.25) is 4.99 Å². The fourth-order valence-electron chi connectivity index (χ4n) is 2.81. The third-order valence-electron chi connectivity index (χ3n) is 3.63. The predicted octanol–water partition coefficient (Wildman–Crippen LogP) is 2.34. The number of fused-ring (bicyclic) bond motifs is 1. The Morgan fingerprint density at radius 3 is 3.06 bits per heavy atom. The van der Waals surface area contributed by atoms with Gasteiger partial charge in [0.05, 0.1) is 17.3 Å². The predicted molar refractivity (Wildman–Crippen MR) is 71.8 cm³/mol. The Morgan fingerprint density at radius 1 is 1.41 bits per heavy atom. The smallest absolute Gasteiger partial charge is 0.104 e. The summed E-state index contributed by atoms with van der Waals surface area (Å²) in [6.07, 6.45) is 3.34. The van der Waals surface area contributed by atoms with Crippen molar-refractivity contribution in [1.82, 2.24) is 5.32 Å². The van der Waals surface area contributed by atoms with Gasteiger partial charge >= 0.3 is 0 Å². The van der Waals surface area contributed by atoms with Gasteiger partial charge in [-0.05, 0) is 36.5 Å². The van der Waals surface area contributed by atoms with E-state index in [1.807, 2.05) is 6.07 Å². The number of anilines is 1. The SMILES string of the molecule is Nc1ccc2c(c1Cl)CCCC2C1=NCCN1. The molecule has 1 aliphatic heterocycles. The first-order valence-corrected chi connectivity index (χ1v) is 6.50. The van der Waals surface area contributed by atoms with Crippen LogP contribution in [-0.4, -0.2) is 18.9 Å². The highest BCUT2D eigenvalue weighted by Gasteiger charge is 2.27. The molecule has 2 aliphatic rings. The van der Waals surface area contributed by atoms with E-state index in [9.17, 15) is 0 Å². The van der Waals surface area contributed by atoms with E-state index >= 15 is 0 Å². The van der Waals surface area contributed by atoms with E-state index in [0.29, 0.717) is 11.6 Å². The molecule has 90 valence electrons. The molecule has 0 amide bonds. The average Bonchev–Trinajstić information content (AvgIpc) is 2.87. The van der Waals surface area contributed by atoms with Crippen LogP contribution in [0.4, 0.5) is 5.69 Å². The molecule has 0 bridgehead atoms. The molecule has 0 saturated carbocycles. The van der Waals surface area contributed by atoms with Crippen molar-refractivity contribution >= 4 is 23.1 Å². The molecule has 17 heavy (non-hydrogen) atoms. The van der Waals surface area contributed by atoms with Gasteiger partial charge in [0.25, 0.3) is 0 Å². The number of amidine groups is 1. The molecule has 3 nitrogen and oxygen atoms in total. The van der Waals surface area contributed by atoms with E-state index in [4.69, 9.17) is 17.3 Å². The molecule has 0 aromatic heterocycles. The van der Waals surface area contributed by atoms with Crippen LogP contribution in [0.3, 0.4) is 0 Å². The molecule has 1 aromatic carbocycles. The Labute approximate surface area is 106 Å². The Morgan fingerprint density at radius 2 is 2.29 bits per heavy atom. The van der Waals surface area contributed by atoms with E-state index in [-0.39, 0.29) is 0 Å². The highest BCUT2D eigenvalue weighted by atomic mass is 35.5. The van der Waals surface area contributed by atoms with Crippen LogP contribution < -0.4 is 11.1 Å². The molecule has 1 aromatic rings. The Hall–Kier alpha value is -1.22. The van der Waals surface area contributed by atoms with Gasteiger partial charge < -0.3 is 11.1 Å². The van der Waals surface area contributed by atoms with Gasteiger partial charge in [0.1, 0.15) is 5.84 Å². The molecule has 4 heteroatoms. The van der Waals surface area contributed by atoms with Gasteiger partial charge in [-0.1, -0.05) is 17.7 Å². The summed E-state index contributed by atoms with van der Waals surface area (Å²) in [5.74, 6) is 1.52. The van der Waals surface area contributed by atoms with Gasteiger partial charge in [-0.2, -0.15) is 0 Å².